The average molecular weight is 306 g/mol. The largest absolute Gasteiger partial charge is 0.491 e. The van der Waals surface area contributed by atoms with Gasteiger partial charge in [-0.2, -0.15) is 0 Å². The average Bonchev–Trinajstić information content (AvgIpc) is 2.51. The van der Waals surface area contributed by atoms with E-state index in [1.807, 2.05) is 0 Å². The van der Waals surface area contributed by atoms with Crippen LogP contribution in [0.4, 0.5) is 5.69 Å². The molecule has 6 nitrogen and oxygen atoms in total. The number of rotatable bonds is 7. The highest BCUT2D eigenvalue weighted by Crippen LogP contribution is 2.16. The first kappa shape index (κ1) is 16.3. The molecule has 6 heteroatoms. The quantitative estimate of drug-likeness (QED) is 0.778. The van der Waals surface area contributed by atoms with Gasteiger partial charge in [-0.3, -0.25) is 9.59 Å². The number of likely N-dealkylation sites (tertiary alicyclic amines) is 1. The van der Waals surface area contributed by atoms with Gasteiger partial charge in [0.25, 0.3) is 0 Å². The fourth-order valence-electron chi connectivity index (χ4n) is 2.28. The Bertz CT molecular complexity index is 501. The van der Waals surface area contributed by atoms with Crippen molar-refractivity contribution >= 4 is 17.5 Å². The molecule has 0 spiro atoms. The van der Waals surface area contributed by atoms with Gasteiger partial charge in [-0.25, -0.2) is 0 Å². The van der Waals surface area contributed by atoms with E-state index in [-0.39, 0.29) is 18.4 Å². The lowest BCUT2D eigenvalue weighted by Gasteiger charge is -2.25. The summed E-state index contributed by atoms with van der Waals surface area (Å²) in [6.45, 7) is 1.80. The molecular weight excluding hydrogens is 284 g/mol. The van der Waals surface area contributed by atoms with Crippen molar-refractivity contribution in [2.75, 3.05) is 38.7 Å². The molecule has 0 saturated carbocycles. The molecule has 0 atom stereocenters. The Balaban J connectivity index is 1.79. The molecule has 1 heterocycles. The zero-order chi connectivity index (χ0) is 15.8. The number of anilines is 1. The van der Waals surface area contributed by atoms with Gasteiger partial charge >= 0.3 is 0 Å². The lowest BCUT2D eigenvalue weighted by molar-refractivity contribution is -0.136. The Kier molecular flexibility index (Phi) is 6.21. The molecule has 120 valence electrons. The molecule has 2 rings (SSSR count). The summed E-state index contributed by atoms with van der Waals surface area (Å²) >= 11 is 0. The number of carbonyl (C=O) groups is 2. The molecule has 1 N–H and O–H groups in total. The lowest BCUT2D eigenvalue weighted by atomic mass is 10.1. The molecule has 0 aromatic heterocycles. The molecule has 22 heavy (non-hydrogen) atoms. The van der Waals surface area contributed by atoms with Gasteiger partial charge in [-0.1, -0.05) is 0 Å². The molecule has 2 amide bonds. The molecular formula is C16H22N2O4. The minimum Gasteiger partial charge on any atom is -0.491 e. The Morgan fingerprint density at radius 3 is 2.68 bits per heavy atom. The number of methoxy groups -OCH3 is 1. The maximum Gasteiger partial charge on any atom is 0.243 e. The molecule has 1 fully saturated rings. The van der Waals surface area contributed by atoms with Crippen molar-refractivity contribution in [3.63, 3.8) is 0 Å². The topological polar surface area (TPSA) is 67.9 Å². The minimum absolute atomic E-state index is 0.0586. The molecule has 1 aliphatic rings. The van der Waals surface area contributed by atoms with Crippen molar-refractivity contribution in [1.29, 1.82) is 0 Å². The molecule has 1 aromatic carbocycles. The van der Waals surface area contributed by atoms with Crippen molar-refractivity contribution in [3.8, 4) is 5.75 Å². The van der Waals surface area contributed by atoms with Crippen LogP contribution in [0.3, 0.4) is 0 Å². The number of nitrogens with one attached hydrogen (secondary N) is 1. The maximum absolute atomic E-state index is 12.0. The summed E-state index contributed by atoms with van der Waals surface area (Å²) in [6, 6.07) is 7.13. The Morgan fingerprint density at radius 1 is 1.23 bits per heavy atom. The van der Waals surface area contributed by atoms with E-state index < -0.39 is 0 Å². The van der Waals surface area contributed by atoms with Crippen molar-refractivity contribution < 1.29 is 19.1 Å². The van der Waals surface area contributed by atoms with Crippen LogP contribution in [0, 0.1) is 0 Å². The van der Waals surface area contributed by atoms with E-state index >= 15 is 0 Å². The van der Waals surface area contributed by atoms with E-state index in [1.165, 1.54) is 0 Å². The third-order valence-corrected chi connectivity index (χ3v) is 3.45. The van der Waals surface area contributed by atoms with Crippen molar-refractivity contribution in [1.82, 2.24) is 4.90 Å². The number of piperidine rings is 1. The van der Waals surface area contributed by atoms with Crippen LogP contribution in [-0.2, 0) is 14.3 Å². The minimum atomic E-state index is -0.177. The van der Waals surface area contributed by atoms with Gasteiger partial charge < -0.3 is 19.7 Å². The van der Waals surface area contributed by atoms with Crippen LogP contribution in [0.1, 0.15) is 19.3 Å². The molecule has 1 aromatic rings. The van der Waals surface area contributed by atoms with E-state index in [0.717, 1.165) is 18.6 Å². The molecule has 0 radical (unpaired) electrons. The predicted molar refractivity (Wildman–Crippen MR) is 82.9 cm³/mol. The highest BCUT2D eigenvalue weighted by molar-refractivity contribution is 5.94. The van der Waals surface area contributed by atoms with Crippen LogP contribution in [-0.4, -0.2) is 50.1 Å². The number of ether oxygens (including phenoxy) is 2. The van der Waals surface area contributed by atoms with E-state index in [4.69, 9.17) is 9.47 Å². The second-order valence-electron chi connectivity index (χ2n) is 5.19. The zero-order valence-electron chi connectivity index (χ0n) is 12.8. The monoisotopic (exact) mass is 306 g/mol. The maximum atomic E-state index is 12.0. The third-order valence-electron chi connectivity index (χ3n) is 3.45. The van der Waals surface area contributed by atoms with Gasteiger partial charge in [0.05, 0.1) is 13.2 Å². The summed E-state index contributed by atoms with van der Waals surface area (Å²) in [5.74, 6) is 0.604. The summed E-state index contributed by atoms with van der Waals surface area (Å²) in [5.41, 5.74) is 0.688. The highest BCUT2D eigenvalue weighted by atomic mass is 16.5. The van der Waals surface area contributed by atoms with Crippen LogP contribution >= 0.6 is 0 Å². The Hall–Kier alpha value is -2.08. The van der Waals surface area contributed by atoms with E-state index in [1.54, 1.807) is 36.3 Å². The van der Waals surface area contributed by atoms with Gasteiger partial charge in [0, 0.05) is 25.8 Å². The molecule has 0 bridgehead atoms. The van der Waals surface area contributed by atoms with Gasteiger partial charge in [-0.05, 0) is 37.1 Å². The van der Waals surface area contributed by atoms with Crippen molar-refractivity contribution in [2.24, 2.45) is 0 Å². The molecule has 1 saturated heterocycles. The molecule has 0 unspecified atom stereocenters. The van der Waals surface area contributed by atoms with E-state index in [9.17, 15) is 9.59 Å². The van der Waals surface area contributed by atoms with E-state index in [0.29, 0.717) is 31.9 Å². The van der Waals surface area contributed by atoms with E-state index in [2.05, 4.69) is 5.32 Å². The summed E-state index contributed by atoms with van der Waals surface area (Å²) in [6.07, 6.45) is 2.43. The van der Waals surface area contributed by atoms with Crippen LogP contribution < -0.4 is 10.1 Å². The van der Waals surface area contributed by atoms with Crippen LogP contribution in [0.25, 0.3) is 0 Å². The van der Waals surface area contributed by atoms with Gasteiger partial charge in [0.1, 0.15) is 12.4 Å². The number of benzene rings is 1. The smallest absolute Gasteiger partial charge is 0.243 e. The molecule has 0 aliphatic carbocycles. The molecule has 1 aliphatic heterocycles. The second-order valence-corrected chi connectivity index (χ2v) is 5.19. The first-order valence-corrected chi connectivity index (χ1v) is 7.48. The second kappa shape index (κ2) is 8.38. The SMILES string of the molecule is COCCOc1ccc(NC(=O)CN2CCCCC2=O)cc1. The zero-order valence-corrected chi connectivity index (χ0v) is 12.8. The normalized spacial score (nSPS) is 14.8. The fourth-order valence-corrected chi connectivity index (χ4v) is 2.28. The summed E-state index contributed by atoms with van der Waals surface area (Å²) < 4.78 is 10.4. The first-order valence-electron chi connectivity index (χ1n) is 7.48. The summed E-state index contributed by atoms with van der Waals surface area (Å²) in [7, 11) is 1.62. The number of carbonyl (C=O) groups excluding carboxylic acids is 2. The lowest BCUT2D eigenvalue weighted by Crippen LogP contribution is -2.40. The third kappa shape index (κ3) is 5.04. The number of amides is 2. The van der Waals surface area contributed by atoms with Crippen molar-refractivity contribution in [3.05, 3.63) is 24.3 Å². The summed E-state index contributed by atoms with van der Waals surface area (Å²) in [5, 5.41) is 2.79. The van der Waals surface area contributed by atoms with Crippen molar-refractivity contribution in [2.45, 2.75) is 19.3 Å². The number of hydrogen-bond donors (Lipinski definition) is 1. The standard InChI is InChI=1S/C16H22N2O4/c1-21-10-11-22-14-7-5-13(6-8-14)17-15(19)12-18-9-3-2-4-16(18)20/h5-8H,2-4,9-12H2,1H3,(H,17,19). The van der Waals surface area contributed by atoms with Crippen LogP contribution in [0.5, 0.6) is 5.75 Å². The van der Waals surface area contributed by atoms with Crippen LogP contribution in [0.15, 0.2) is 24.3 Å². The fraction of sp³-hybridized carbons (Fsp3) is 0.500. The number of nitrogens with zero attached hydrogens (tertiary/aromatic N) is 1. The van der Waals surface area contributed by atoms with Gasteiger partial charge in [0.15, 0.2) is 0 Å². The first-order chi connectivity index (χ1) is 10.7. The summed E-state index contributed by atoms with van der Waals surface area (Å²) in [4.78, 5) is 25.3. The highest BCUT2D eigenvalue weighted by Gasteiger charge is 2.20. The van der Waals surface area contributed by atoms with Gasteiger partial charge in [-0.15, -0.1) is 0 Å². The number of hydrogen-bond acceptors (Lipinski definition) is 4. The van der Waals surface area contributed by atoms with Crippen LogP contribution in [0.2, 0.25) is 0 Å². The predicted octanol–water partition coefficient (Wildman–Crippen LogP) is 1.66. The Morgan fingerprint density at radius 2 is 2.00 bits per heavy atom. The van der Waals surface area contributed by atoms with Gasteiger partial charge in [0.2, 0.25) is 11.8 Å². The Labute approximate surface area is 130 Å².